The van der Waals surface area contributed by atoms with Gasteiger partial charge in [-0.2, -0.15) is 0 Å². The molecule has 5 nitrogen and oxygen atoms in total. The lowest BCUT2D eigenvalue weighted by Gasteiger charge is -2.27. The number of nitrogens with two attached hydrogens (primary N) is 1. The fraction of sp³-hybridized carbons (Fsp3) is 0.438. The van der Waals surface area contributed by atoms with Gasteiger partial charge in [0.1, 0.15) is 5.01 Å². The van der Waals surface area contributed by atoms with Crippen LogP contribution in [0.5, 0.6) is 0 Å². The van der Waals surface area contributed by atoms with Gasteiger partial charge >= 0.3 is 0 Å². The van der Waals surface area contributed by atoms with E-state index in [0.29, 0.717) is 6.42 Å². The monoisotopic (exact) mass is 351 g/mol. The molecule has 124 valence electrons. The van der Waals surface area contributed by atoms with Crippen molar-refractivity contribution < 1.29 is 8.42 Å². The Morgan fingerprint density at radius 3 is 2.87 bits per heavy atom. The maximum absolute atomic E-state index is 12.6. The highest BCUT2D eigenvalue weighted by Crippen LogP contribution is 2.26. The summed E-state index contributed by atoms with van der Waals surface area (Å²) in [6.07, 6.45) is 3.48. The van der Waals surface area contributed by atoms with Crippen molar-refractivity contribution in [3.05, 3.63) is 35.3 Å². The van der Waals surface area contributed by atoms with Gasteiger partial charge < -0.3 is 5.73 Å². The van der Waals surface area contributed by atoms with Gasteiger partial charge in [-0.15, -0.1) is 11.3 Å². The highest BCUT2D eigenvalue weighted by atomic mass is 32.2. The Morgan fingerprint density at radius 1 is 1.35 bits per heavy atom. The maximum Gasteiger partial charge on any atom is 0.240 e. The minimum absolute atomic E-state index is 0.0745. The summed E-state index contributed by atoms with van der Waals surface area (Å²) in [4.78, 5) is 4.70. The quantitative estimate of drug-likeness (QED) is 0.887. The predicted octanol–water partition coefficient (Wildman–Crippen LogP) is 2.67. The molecule has 1 aliphatic rings. The first kappa shape index (κ1) is 16.6. The van der Waals surface area contributed by atoms with Crippen LogP contribution in [0, 0.1) is 6.92 Å². The van der Waals surface area contributed by atoms with Crippen LogP contribution in [0.3, 0.4) is 0 Å². The molecule has 1 aromatic heterocycles. The first-order valence-electron chi connectivity index (χ1n) is 7.74. The Bertz CT molecular complexity index is 786. The number of aryl methyl sites for hydroxylation is 1. The van der Waals surface area contributed by atoms with E-state index < -0.39 is 10.0 Å². The summed E-state index contributed by atoms with van der Waals surface area (Å²) in [6.45, 7) is 1.93. The summed E-state index contributed by atoms with van der Waals surface area (Å²) in [5.41, 5.74) is 7.71. The van der Waals surface area contributed by atoms with Crippen LogP contribution in [-0.4, -0.2) is 25.5 Å². The van der Waals surface area contributed by atoms with Crippen molar-refractivity contribution in [2.75, 3.05) is 0 Å². The summed E-state index contributed by atoms with van der Waals surface area (Å²) >= 11 is 1.52. The normalized spacial score (nSPS) is 22.2. The van der Waals surface area contributed by atoms with E-state index in [1.165, 1.54) is 11.3 Å². The van der Waals surface area contributed by atoms with Crippen LogP contribution >= 0.6 is 11.3 Å². The number of hydrogen-bond donors (Lipinski definition) is 2. The number of nitrogens with zero attached hydrogens (tertiary/aromatic N) is 1. The highest BCUT2D eigenvalue weighted by molar-refractivity contribution is 7.89. The van der Waals surface area contributed by atoms with Gasteiger partial charge in [-0.05, 0) is 38.3 Å². The highest BCUT2D eigenvalue weighted by Gasteiger charge is 2.25. The van der Waals surface area contributed by atoms with Gasteiger partial charge in [-0.25, -0.2) is 18.1 Å². The third-order valence-electron chi connectivity index (χ3n) is 4.05. The van der Waals surface area contributed by atoms with Gasteiger partial charge in [0, 0.05) is 28.7 Å². The smallest absolute Gasteiger partial charge is 0.240 e. The first-order chi connectivity index (χ1) is 10.9. The fourth-order valence-electron chi connectivity index (χ4n) is 2.90. The third-order valence-corrected chi connectivity index (χ3v) is 6.57. The van der Waals surface area contributed by atoms with E-state index in [1.807, 2.05) is 18.4 Å². The molecule has 1 aliphatic carbocycles. The van der Waals surface area contributed by atoms with Crippen molar-refractivity contribution in [2.45, 2.75) is 49.6 Å². The number of aromatic nitrogens is 1. The molecule has 0 amide bonds. The molecule has 2 atom stereocenters. The SMILES string of the molecule is Cc1csc(-c2cccc(S(=O)(=O)NC3CCCC(N)C3)c2)n1. The van der Waals surface area contributed by atoms with Crippen LogP contribution in [0.2, 0.25) is 0 Å². The maximum atomic E-state index is 12.6. The summed E-state index contributed by atoms with van der Waals surface area (Å²) in [5, 5.41) is 2.79. The molecular weight excluding hydrogens is 330 g/mol. The van der Waals surface area contributed by atoms with E-state index >= 15 is 0 Å². The number of benzene rings is 1. The van der Waals surface area contributed by atoms with Gasteiger partial charge in [0.15, 0.2) is 0 Å². The van der Waals surface area contributed by atoms with E-state index in [9.17, 15) is 8.42 Å². The van der Waals surface area contributed by atoms with Gasteiger partial charge in [0.05, 0.1) is 4.90 Å². The topological polar surface area (TPSA) is 85.1 Å². The Balaban J connectivity index is 1.82. The van der Waals surface area contributed by atoms with E-state index in [4.69, 9.17) is 5.73 Å². The average Bonchev–Trinajstić information content (AvgIpc) is 2.94. The molecule has 2 aromatic rings. The lowest BCUT2D eigenvalue weighted by molar-refractivity contribution is 0.371. The Morgan fingerprint density at radius 2 is 2.17 bits per heavy atom. The van der Waals surface area contributed by atoms with E-state index in [-0.39, 0.29) is 17.0 Å². The second-order valence-electron chi connectivity index (χ2n) is 6.07. The summed E-state index contributed by atoms with van der Waals surface area (Å²) < 4.78 is 28.1. The zero-order valence-electron chi connectivity index (χ0n) is 13.0. The van der Waals surface area contributed by atoms with Gasteiger partial charge in [-0.3, -0.25) is 0 Å². The molecule has 3 rings (SSSR count). The van der Waals surface area contributed by atoms with Crippen molar-refractivity contribution in [1.29, 1.82) is 0 Å². The van der Waals surface area contributed by atoms with Crippen molar-refractivity contribution in [2.24, 2.45) is 5.73 Å². The summed E-state index contributed by atoms with van der Waals surface area (Å²) in [5.74, 6) is 0. The second kappa shape index (κ2) is 6.68. The number of rotatable bonds is 4. The molecule has 3 N–H and O–H groups in total. The summed E-state index contributed by atoms with van der Waals surface area (Å²) in [6, 6.07) is 6.95. The predicted molar refractivity (Wildman–Crippen MR) is 92.8 cm³/mol. The van der Waals surface area contributed by atoms with Crippen molar-refractivity contribution in [1.82, 2.24) is 9.71 Å². The molecule has 23 heavy (non-hydrogen) atoms. The number of hydrogen-bond acceptors (Lipinski definition) is 5. The zero-order chi connectivity index (χ0) is 16.4. The van der Waals surface area contributed by atoms with Gasteiger partial charge in [0.25, 0.3) is 0 Å². The molecule has 0 bridgehead atoms. The van der Waals surface area contributed by atoms with Crippen LogP contribution in [0.4, 0.5) is 0 Å². The largest absolute Gasteiger partial charge is 0.328 e. The fourth-order valence-corrected chi connectivity index (χ4v) is 5.03. The molecule has 0 aliphatic heterocycles. The van der Waals surface area contributed by atoms with E-state index in [1.54, 1.807) is 18.2 Å². The Hall–Kier alpha value is -1.28. The van der Waals surface area contributed by atoms with Crippen LogP contribution in [0.1, 0.15) is 31.4 Å². The molecular formula is C16H21N3O2S2. The lowest BCUT2D eigenvalue weighted by atomic mass is 9.92. The molecule has 0 radical (unpaired) electrons. The minimum atomic E-state index is -3.54. The van der Waals surface area contributed by atoms with E-state index in [2.05, 4.69) is 9.71 Å². The van der Waals surface area contributed by atoms with Crippen LogP contribution in [-0.2, 0) is 10.0 Å². The number of thiazole rings is 1. The molecule has 0 spiro atoms. The van der Waals surface area contributed by atoms with Crippen LogP contribution < -0.4 is 10.5 Å². The molecule has 2 unspecified atom stereocenters. The third kappa shape index (κ3) is 3.98. The van der Waals surface area contributed by atoms with Crippen LogP contribution in [0.25, 0.3) is 10.6 Å². The van der Waals surface area contributed by atoms with Crippen molar-refractivity contribution in [3.63, 3.8) is 0 Å². The number of nitrogens with one attached hydrogen (secondary N) is 1. The molecule has 7 heteroatoms. The number of sulfonamides is 1. The average molecular weight is 351 g/mol. The van der Waals surface area contributed by atoms with E-state index in [0.717, 1.165) is 35.5 Å². The Labute approximate surface area is 141 Å². The van der Waals surface area contributed by atoms with Gasteiger partial charge in [0.2, 0.25) is 10.0 Å². The first-order valence-corrected chi connectivity index (χ1v) is 10.1. The zero-order valence-corrected chi connectivity index (χ0v) is 14.7. The molecule has 1 aromatic carbocycles. The molecule has 1 fully saturated rings. The molecule has 0 saturated heterocycles. The van der Waals surface area contributed by atoms with Gasteiger partial charge in [-0.1, -0.05) is 18.6 Å². The standard InChI is InChI=1S/C16H21N3O2S2/c1-11-10-22-16(18-11)12-4-2-7-15(8-12)23(20,21)19-14-6-3-5-13(17)9-14/h2,4,7-8,10,13-14,19H,3,5-6,9,17H2,1H3. The lowest BCUT2D eigenvalue weighted by Crippen LogP contribution is -2.42. The minimum Gasteiger partial charge on any atom is -0.328 e. The molecule has 1 heterocycles. The van der Waals surface area contributed by atoms with Crippen molar-refractivity contribution in [3.8, 4) is 10.6 Å². The second-order valence-corrected chi connectivity index (χ2v) is 8.64. The summed E-state index contributed by atoms with van der Waals surface area (Å²) in [7, 11) is -3.54. The Kier molecular flexibility index (Phi) is 4.82. The van der Waals surface area contributed by atoms with Crippen molar-refractivity contribution >= 4 is 21.4 Å². The van der Waals surface area contributed by atoms with Crippen LogP contribution in [0.15, 0.2) is 34.5 Å². The molecule has 1 saturated carbocycles.